The van der Waals surface area contributed by atoms with Crippen LogP contribution in [0.4, 0.5) is 0 Å². The third-order valence-corrected chi connectivity index (χ3v) is 33.2. The Morgan fingerprint density at radius 2 is 1.24 bits per heavy atom. The number of carbonyl (C=O) groups is 2. The molecule has 7 rings (SSSR count). The van der Waals surface area contributed by atoms with Crippen LogP contribution in [0.15, 0.2) is 58.7 Å². The normalized spacial score (nSPS) is 35.1. The van der Waals surface area contributed by atoms with Crippen molar-refractivity contribution in [2.45, 2.75) is 305 Å². The SMILES string of the molecule is C.C.C#CC[C@H](C[C@@H](C=C)O[Si](C)(C)C(C)(C)C)O[Si](C)(C)C(C)(C)C.C=C1/C(=C\C=C2/CCC[C@@]3(C)C2CC[C@@H]3[C@H](C)C[C@H]2COC(=O)[C@](C)(O)C2)C[C@@H](O)C[C@@H]1O.C[C@H](C[C@H]1COC(=O)[C@](C)(O[Si](C)(C)C)C1)[C@H]1CCC2/C(=C/Br)CCC[C@@]21C. The molecule has 0 aromatic rings. The topological polar surface area (TPSA) is 141 Å². The number of allylic oxidation sites excluding steroid dienone is 4. The van der Waals surface area contributed by atoms with Gasteiger partial charge < -0.3 is 38.1 Å². The second kappa shape index (κ2) is 31.3. The Balaban J connectivity index is 0.000000343. The van der Waals surface area contributed by atoms with Crippen LogP contribution in [0.1, 0.15) is 214 Å². The number of halogens is 1. The summed E-state index contributed by atoms with van der Waals surface area (Å²) in [5.74, 6) is 6.62. The van der Waals surface area contributed by atoms with E-state index in [1.165, 1.54) is 63.4 Å². The van der Waals surface area contributed by atoms with Crippen molar-refractivity contribution in [3.05, 3.63) is 58.7 Å². The standard InChI is InChI=1S/C28H42O5.C23H39BrO3Si.C20H40O2Si2.2CH4/c1-17(12-19-15-28(4,32)26(31)33-16-19)23-9-10-24-20(6-5-11-27(23,24)3)7-8-21-13-22(29)14-25(30)18(21)2;1-16(19-9-10-20-18(14-24)8-7-11-22(19,20)2)12-17-13-23(3,21(25)26-15-17)27-28(4,5)6;1-13-15-18(22-24(11,12)20(6,7)8)16-17(14-2)21-23(9,10)19(3,4)5;;/h7-8,17,19,22-25,29-30,32H,2,5-6,9-16H2,1,3-4H3;14,16-17,19-20H,7-13,15H2,1-6H3;1,14,17-18H,2,15-16H2,3-12H3;2*1H4/b20-7+,21-8-;18-14+;;;/t17-,19-,22-,23-,24?,25+,27-,28-;16-,17-,19-,20?,22-,23-;17-,18-;;/m111../s1. The Bertz CT molecular complexity index is 2440. The smallest absolute Gasteiger partial charge is 0.337 e. The van der Waals surface area contributed by atoms with Crippen molar-refractivity contribution in [2.24, 2.45) is 58.2 Å². The molecule has 2 unspecified atom stereocenters. The number of esters is 2. The number of ether oxygens (including phenoxy) is 2. The van der Waals surface area contributed by atoms with Gasteiger partial charge in [-0.3, -0.25) is 0 Å². The summed E-state index contributed by atoms with van der Waals surface area (Å²) in [6.07, 6.45) is 29.1. The lowest BCUT2D eigenvalue weighted by atomic mass is 9.60. The Labute approximate surface area is 544 Å². The summed E-state index contributed by atoms with van der Waals surface area (Å²) in [5, 5.41) is 30.9. The van der Waals surface area contributed by atoms with Gasteiger partial charge in [-0.1, -0.05) is 136 Å². The van der Waals surface area contributed by atoms with Crippen LogP contribution in [0.3, 0.4) is 0 Å². The Hall–Kier alpha value is -1.91. The lowest BCUT2D eigenvalue weighted by Gasteiger charge is -2.45. The van der Waals surface area contributed by atoms with Crippen molar-refractivity contribution >= 4 is 52.8 Å². The van der Waals surface area contributed by atoms with Gasteiger partial charge in [-0.05, 0) is 240 Å². The zero-order valence-corrected chi connectivity index (χ0v) is 61.5. The lowest BCUT2D eigenvalue weighted by molar-refractivity contribution is -0.177. The first-order chi connectivity index (χ1) is 39.1. The molecule has 0 aromatic carbocycles. The molecule has 5 saturated carbocycles. The minimum atomic E-state index is -1.85. The summed E-state index contributed by atoms with van der Waals surface area (Å²) in [6.45, 7) is 51.4. The third kappa shape index (κ3) is 20.1. The van der Waals surface area contributed by atoms with Gasteiger partial charge in [0, 0.05) is 19.3 Å². The fraction of sp³-hybridized carbons (Fsp3) is 0.808. The number of rotatable bonds is 17. The van der Waals surface area contributed by atoms with Gasteiger partial charge in [0.15, 0.2) is 36.2 Å². The minimum Gasteiger partial charge on any atom is -0.463 e. The van der Waals surface area contributed by atoms with Crippen molar-refractivity contribution < 1.29 is 47.7 Å². The molecule has 2 aliphatic heterocycles. The van der Waals surface area contributed by atoms with E-state index >= 15 is 0 Å². The van der Waals surface area contributed by atoms with E-state index in [-0.39, 0.29) is 54.4 Å². The third-order valence-electron chi connectivity index (χ3n) is 22.6. The minimum absolute atomic E-state index is 0. The van der Waals surface area contributed by atoms with Crippen LogP contribution in [0.25, 0.3) is 0 Å². The molecule has 16 atom stereocenters. The van der Waals surface area contributed by atoms with Gasteiger partial charge in [0.2, 0.25) is 0 Å². The van der Waals surface area contributed by atoms with E-state index in [0.29, 0.717) is 73.9 Å². The molecule has 5 aliphatic carbocycles. The zero-order valence-electron chi connectivity index (χ0n) is 56.9. The van der Waals surface area contributed by atoms with Crippen LogP contribution < -0.4 is 0 Å². The Morgan fingerprint density at radius 1 is 0.759 bits per heavy atom. The van der Waals surface area contributed by atoms with Crippen molar-refractivity contribution in [2.75, 3.05) is 13.2 Å². The lowest BCUT2D eigenvalue weighted by Crippen LogP contribution is -2.52. The van der Waals surface area contributed by atoms with E-state index in [9.17, 15) is 24.9 Å². The highest BCUT2D eigenvalue weighted by atomic mass is 79.9. The zero-order chi connectivity index (χ0) is 64.1. The van der Waals surface area contributed by atoms with Gasteiger partial charge in [0.25, 0.3) is 0 Å². The first kappa shape index (κ1) is 79.3. The summed E-state index contributed by atoms with van der Waals surface area (Å²) in [5.41, 5.74) is 3.43. The quantitative estimate of drug-likeness (QED) is 0.0558. The molecule has 2 saturated heterocycles. The molecule has 0 bridgehead atoms. The van der Waals surface area contributed by atoms with Gasteiger partial charge in [0.05, 0.1) is 37.6 Å². The molecule has 7 aliphatic rings. The average Bonchev–Trinajstić information content (AvgIpc) is 4.16. The van der Waals surface area contributed by atoms with Crippen molar-refractivity contribution in [3.8, 4) is 12.3 Å². The summed E-state index contributed by atoms with van der Waals surface area (Å²) in [4.78, 5) is 26.5. The van der Waals surface area contributed by atoms with E-state index in [2.05, 4.69) is 167 Å². The van der Waals surface area contributed by atoms with Crippen LogP contribution in [-0.2, 0) is 32.3 Å². The highest BCUT2D eigenvalue weighted by Crippen LogP contribution is 2.62. The molecular formula is C73H129BrO10Si3. The van der Waals surface area contributed by atoms with Crippen LogP contribution in [0.2, 0.25) is 55.9 Å². The summed E-state index contributed by atoms with van der Waals surface area (Å²) >= 11 is 3.63. The molecule has 0 spiro atoms. The van der Waals surface area contributed by atoms with Crippen molar-refractivity contribution in [3.63, 3.8) is 0 Å². The number of hydrogen-bond acceptors (Lipinski definition) is 10. The number of hydrogen-bond donors (Lipinski definition) is 3. The largest absolute Gasteiger partial charge is 0.463 e. The molecule has 500 valence electrons. The van der Waals surface area contributed by atoms with E-state index in [0.717, 1.165) is 55.1 Å². The Kier molecular flexibility index (Phi) is 28.6. The maximum absolute atomic E-state index is 12.5. The molecule has 3 N–H and O–H groups in total. The highest BCUT2D eigenvalue weighted by Gasteiger charge is 2.54. The monoisotopic (exact) mass is 1330 g/mol. The van der Waals surface area contributed by atoms with Crippen LogP contribution in [0, 0.1) is 70.5 Å². The number of aliphatic hydroxyl groups excluding tert-OH is 2. The van der Waals surface area contributed by atoms with Crippen molar-refractivity contribution in [1.82, 2.24) is 0 Å². The summed E-state index contributed by atoms with van der Waals surface area (Å²) in [6, 6.07) is 0. The van der Waals surface area contributed by atoms with E-state index in [1.54, 1.807) is 12.5 Å². The number of carbonyl (C=O) groups excluding carboxylic acids is 2. The van der Waals surface area contributed by atoms with Gasteiger partial charge >= 0.3 is 11.9 Å². The second-order valence-electron chi connectivity index (χ2n) is 32.7. The number of cyclic esters (lactones) is 2. The van der Waals surface area contributed by atoms with Crippen LogP contribution >= 0.6 is 15.9 Å². The summed E-state index contributed by atoms with van der Waals surface area (Å²) < 4.78 is 30.3. The van der Waals surface area contributed by atoms with Crippen molar-refractivity contribution in [1.29, 1.82) is 0 Å². The molecule has 0 aromatic heterocycles. The van der Waals surface area contributed by atoms with Gasteiger partial charge in [-0.25, -0.2) is 9.59 Å². The number of fused-ring (bicyclic) bond motifs is 2. The van der Waals surface area contributed by atoms with E-state index in [4.69, 9.17) is 29.2 Å². The Morgan fingerprint density at radius 3 is 1.71 bits per heavy atom. The van der Waals surface area contributed by atoms with E-state index < -0.39 is 54.3 Å². The highest BCUT2D eigenvalue weighted by molar-refractivity contribution is 9.11. The number of aliphatic hydroxyl groups is 3. The van der Waals surface area contributed by atoms with Crippen LogP contribution in [-0.4, -0.2) is 101 Å². The first-order valence-corrected chi connectivity index (χ1v) is 43.1. The van der Waals surface area contributed by atoms with Gasteiger partial charge in [-0.15, -0.1) is 18.9 Å². The molecule has 0 radical (unpaired) electrons. The molecule has 2 heterocycles. The molecular weight excluding hydrogens is 1200 g/mol. The van der Waals surface area contributed by atoms with Gasteiger partial charge in [-0.2, -0.15) is 0 Å². The maximum Gasteiger partial charge on any atom is 0.337 e. The van der Waals surface area contributed by atoms with Crippen LogP contribution in [0.5, 0.6) is 0 Å². The molecule has 87 heavy (non-hydrogen) atoms. The predicted octanol–water partition coefficient (Wildman–Crippen LogP) is 18.8. The fourth-order valence-electron chi connectivity index (χ4n) is 16.3. The van der Waals surface area contributed by atoms with Gasteiger partial charge in [0.1, 0.15) is 0 Å². The van der Waals surface area contributed by atoms with E-state index in [1.807, 2.05) is 13.0 Å². The maximum atomic E-state index is 12.5. The molecule has 14 heteroatoms. The predicted molar refractivity (Wildman–Crippen MR) is 375 cm³/mol. The number of terminal acetylenes is 1. The second-order valence-corrected chi connectivity index (χ2v) is 47.1. The molecule has 10 nitrogen and oxygen atoms in total. The summed E-state index contributed by atoms with van der Waals surface area (Å²) in [7, 11) is -5.51. The first-order valence-electron chi connectivity index (χ1n) is 33.0. The molecule has 0 amide bonds. The average molecular weight is 1330 g/mol. The fourth-order valence-corrected chi connectivity index (χ4v) is 21.0. The molecule has 7 fully saturated rings.